The summed E-state index contributed by atoms with van der Waals surface area (Å²) in [6.07, 6.45) is 1.68. The molecule has 0 atom stereocenters. The highest BCUT2D eigenvalue weighted by molar-refractivity contribution is 7.89. The largest absolute Gasteiger partial charge is 0.487 e. The third-order valence-corrected chi connectivity index (χ3v) is 5.61. The Morgan fingerprint density at radius 2 is 1.70 bits per heavy atom. The number of rotatable bonds is 7. The number of ether oxygens (including phenoxy) is 1. The highest BCUT2D eigenvalue weighted by atomic mass is 32.2. The maximum Gasteiger partial charge on any atom is 0.238 e. The van der Waals surface area contributed by atoms with E-state index in [2.05, 4.69) is 20.6 Å². The summed E-state index contributed by atoms with van der Waals surface area (Å²) in [6.45, 7) is 1.78. The number of benzene rings is 3. The highest BCUT2D eigenvalue weighted by Gasteiger charge is 2.09. The van der Waals surface area contributed by atoms with Gasteiger partial charge in [0.05, 0.1) is 4.90 Å². The molecule has 10 heteroatoms. The maximum absolute atomic E-state index is 11.4. The first-order valence-corrected chi connectivity index (χ1v) is 11.5. The molecule has 0 saturated heterocycles. The fourth-order valence-electron chi connectivity index (χ4n) is 3.11. The van der Waals surface area contributed by atoms with Crippen LogP contribution in [-0.2, 0) is 21.4 Å². The van der Waals surface area contributed by atoms with Crippen LogP contribution in [0.1, 0.15) is 12.5 Å². The minimum Gasteiger partial charge on any atom is -0.487 e. The normalized spacial score (nSPS) is 11.2. The van der Waals surface area contributed by atoms with Crippen molar-refractivity contribution in [2.45, 2.75) is 18.4 Å². The molecule has 0 aliphatic carbocycles. The lowest BCUT2D eigenvalue weighted by atomic mass is 10.2. The van der Waals surface area contributed by atoms with E-state index in [0.29, 0.717) is 29.5 Å². The molecule has 9 nitrogen and oxygen atoms in total. The number of hydrogen-bond donors (Lipinski definition) is 3. The van der Waals surface area contributed by atoms with Crippen LogP contribution in [0.4, 0.5) is 17.3 Å². The van der Waals surface area contributed by atoms with Gasteiger partial charge in [0, 0.05) is 29.9 Å². The third kappa shape index (κ3) is 5.62. The van der Waals surface area contributed by atoms with E-state index >= 15 is 0 Å². The molecular formula is C23H21N5O4S. The van der Waals surface area contributed by atoms with Crippen molar-refractivity contribution < 1.29 is 17.9 Å². The van der Waals surface area contributed by atoms with Crippen LogP contribution in [-0.4, -0.2) is 24.3 Å². The van der Waals surface area contributed by atoms with Crippen molar-refractivity contribution in [1.29, 1.82) is 0 Å². The molecule has 1 amide bonds. The molecule has 4 aromatic rings. The molecule has 0 radical (unpaired) electrons. The molecule has 0 aliphatic rings. The van der Waals surface area contributed by atoms with Crippen molar-refractivity contribution in [2.24, 2.45) is 5.14 Å². The summed E-state index contributed by atoms with van der Waals surface area (Å²) in [5.74, 6) is 0.800. The van der Waals surface area contributed by atoms with Crippen molar-refractivity contribution in [3.8, 4) is 5.75 Å². The number of carbonyl (C=O) groups excluding carboxylic acids is 1. The second-order valence-corrected chi connectivity index (χ2v) is 8.81. The van der Waals surface area contributed by atoms with Crippen molar-refractivity contribution in [3.63, 3.8) is 0 Å². The Balaban J connectivity index is 1.51. The Hall–Kier alpha value is -4.02. The van der Waals surface area contributed by atoms with Crippen LogP contribution in [0.25, 0.3) is 10.9 Å². The van der Waals surface area contributed by atoms with Gasteiger partial charge in [-0.05, 0) is 48.0 Å². The Morgan fingerprint density at radius 3 is 2.36 bits per heavy atom. The minimum absolute atomic E-state index is 0.0215. The number of hydrogen-bond acceptors (Lipinski definition) is 7. The third-order valence-electron chi connectivity index (χ3n) is 4.68. The zero-order valence-corrected chi connectivity index (χ0v) is 18.5. The Morgan fingerprint density at radius 1 is 1.00 bits per heavy atom. The monoisotopic (exact) mass is 463 g/mol. The van der Waals surface area contributed by atoms with E-state index in [1.165, 1.54) is 19.1 Å². The standard InChI is InChI=1S/C23H21N5O4S/c1-15(29)26-18-7-5-16(6-8-18)14-32-21-4-2-3-17-13-25-23(28-22(17)21)27-19-9-11-20(12-10-19)33(24,30)31/h2-13H,14H2,1H3,(H,26,29)(H2,24,30,31)(H,25,27,28). The fraction of sp³-hybridized carbons (Fsp3) is 0.0870. The van der Waals surface area contributed by atoms with E-state index in [1.54, 1.807) is 18.3 Å². The summed E-state index contributed by atoms with van der Waals surface area (Å²) < 4.78 is 28.8. The maximum atomic E-state index is 11.4. The van der Waals surface area contributed by atoms with Crippen molar-refractivity contribution >= 4 is 44.2 Å². The number of nitrogens with one attached hydrogen (secondary N) is 2. The van der Waals surface area contributed by atoms with Gasteiger partial charge in [-0.25, -0.2) is 23.5 Å². The molecule has 4 rings (SSSR count). The average Bonchev–Trinajstić information content (AvgIpc) is 2.78. The summed E-state index contributed by atoms with van der Waals surface area (Å²) in [5, 5.41) is 11.7. The number of nitrogens with two attached hydrogens (primary N) is 1. The number of nitrogens with zero attached hydrogens (tertiary/aromatic N) is 2. The molecule has 0 aliphatic heterocycles. The van der Waals surface area contributed by atoms with Crippen molar-refractivity contribution in [1.82, 2.24) is 9.97 Å². The van der Waals surface area contributed by atoms with Gasteiger partial charge in [-0.2, -0.15) is 0 Å². The van der Waals surface area contributed by atoms with Crippen LogP contribution in [0.5, 0.6) is 5.75 Å². The molecule has 1 aromatic heterocycles. The summed E-state index contributed by atoms with van der Waals surface area (Å²) in [4.78, 5) is 20.0. The lowest BCUT2D eigenvalue weighted by Gasteiger charge is -2.11. The van der Waals surface area contributed by atoms with E-state index in [4.69, 9.17) is 9.88 Å². The van der Waals surface area contributed by atoms with Crippen LogP contribution >= 0.6 is 0 Å². The number of sulfonamides is 1. The van der Waals surface area contributed by atoms with Crippen LogP contribution in [0.2, 0.25) is 0 Å². The van der Waals surface area contributed by atoms with E-state index in [1.807, 2.05) is 42.5 Å². The minimum atomic E-state index is -3.76. The van der Waals surface area contributed by atoms with Gasteiger partial charge in [-0.3, -0.25) is 4.79 Å². The van der Waals surface area contributed by atoms with E-state index in [-0.39, 0.29) is 10.8 Å². The number of primary sulfonamides is 1. The number of anilines is 3. The second kappa shape index (κ2) is 9.23. The molecule has 0 fully saturated rings. The van der Waals surface area contributed by atoms with Crippen LogP contribution in [0.3, 0.4) is 0 Å². The van der Waals surface area contributed by atoms with E-state index in [9.17, 15) is 13.2 Å². The summed E-state index contributed by atoms with van der Waals surface area (Å²) in [7, 11) is -3.76. The Bertz CT molecular complexity index is 1410. The molecule has 168 valence electrons. The number of aromatic nitrogens is 2. The fourth-order valence-corrected chi connectivity index (χ4v) is 3.63. The number of amides is 1. The van der Waals surface area contributed by atoms with Gasteiger partial charge in [0.25, 0.3) is 0 Å². The average molecular weight is 464 g/mol. The predicted octanol–water partition coefficient (Wildman–Crippen LogP) is 3.56. The molecule has 33 heavy (non-hydrogen) atoms. The van der Waals surface area contributed by atoms with Gasteiger partial charge in [0.1, 0.15) is 17.9 Å². The predicted molar refractivity (Wildman–Crippen MR) is 126 cm³/mol. The zero-order chi connectivity index (χ0) is 23.4. The highest BCUT2D eigenvalue weighted by Crippen LogP contribution is 2.26. The smallest absolute Gasteiger partial charge is 0.238 e. The van der Waals surface area contributed by atoms with E-state index in [0.717, 1.165) is 16.6 Å². The lowest BCUT2D eigenvalue weighted by molar-refractivity contribution is -0.114. The topological polar surface area (TPSA) is 136 Å². The summed E-state index contributed by atoms with van der Waals surface area (Å²) in [6, 6.07) is 18.9. The molecule has 0 saturated carbocycles. The quantitative estimate of drug-likeness (QED) is 0.381. The van der Waals surface area contributed by atoms with Crippen molar-refractivity contribution in [2.75, 3.05) is 10.6 Å². The second-order valence-electron chi connectivity index (χ2n) is 7.25. The van der Waals surface area contributed by atoms with Crippen LogP contribution in [0, 0.1) is 0 Å². The summed E-state index contributed by atoms with van der Waals surface area (Å²) in [5.41, 5.74) is 2.89. The van der Waals surface area contributed by atoms with Crippen LogP contribution < -0.4 is 20.5 Å². The number of para-hydroxylation sites is 1. The Kier molecular flexibility index (Phi) is 6.20. The van der Waals surface area contributed by atoms with Gasteiger partial charge in [0.15, 0.2) is 0 Å². The Labute approximate surface area is 190 Å². The summed E-state index contributed by atoms with van der Waals surface area (Å²) >= 11 is 0. The number of fused-ring (bicyclic) bond motifs is 1. The number of carbonyl (C=O) groups is 1. The van der Waals surface area contributed by atoms with Gasteiger partial charge >= 0.3 is 0 Å². The van der Waals surface area contributed by atoms with Gasteiger partial charge in [-0.1, -0.05) is 24.3 Å². The first-order valence-electron chi connectivity index (χ1n) is 9.93. The SMILES string of the molecule is CC(=O)Nc1ccc(COc2cccc3cnc(Nc4ccc(S(N)(=O)=O)cc4)nc23)cc1. The van der Waals surface area contributed by atoms with E-state index < -0.39 is 10.0 Å². The lowest BCUT2D eigenvalue weighted by Crippen LogP contribution is -2.11. The first-order chi connectivity index (χ1) is 15.8. The van der Waals surface area contributed by atoms with Crippen LogP contribution in [0.15, 0.2) is 77.8 Å². The van der Waals surface area contributed by atoms with Gasteiger partial charge in [-0.15, -0.1) is 0 Å². The molecule has 0 bridgehead atoms. The molecule has 0 spiro atoms. The molecule has 0 unspecified atom stereocenters. The molecule has 3 aromatic carbocycles. The van der Waals surface area contributed by atoms with Gasteiger partial charge in [0.2, 0.25) is 21.9 Å². The zero-order valence-electron chi connectivity index (χ0n) is 17.6. The van der Waals surface area contributed by atoms with Gasteiger partial charge < -0.3 is 15.4 Å². The first kappa shape index (κ1) is 22.2. The molecular weight excluding hydrogens is 442 g/mol. The molecule has 4 N–H and O–H groups in total. The van der Waals surface area contributed by atoms with Crippen molar-refractivity contribution in [3.05, 3.63) is 78.5 Å². The molecule has 1 heterocycles.